The largest absolute Gasteiger partial charge is 0.344 e. The van der Waals surface area contributed by atoms with Crippen LogP contribution in [0, 0.1) is 0 Å². The molecule has 0 radical (unpaired) electrons. The molecule has 0 fully saturated rings. The fourth-order valence-electron chi connectivity index (χ4n) is 3.26. The summed E-state index contributed by atoms with van der Waals surface area (Å²) in [5, 5.41) is 2.92. The number of hydrogen-bond donors (Lipinski definition) is 2. The van der Waals surface area contributed by atoms with Gasteiger partial charge in [-0.1, -0.05) is 84.9 Å². The van der Waals surface area contributed by atoms with E-state index < -0.39 is 5.91 Å². The van der Waals surface area contributed by atoms with Gasteiger partial charge in [0, 0.05) is 11.6 Å². The molecule has 0 aliphatic carbocycles. The molecule has 1 unspecified atom stereocenters. The average Bonchev–Trinajstić information content (AvgIpc) is 2.80. The maximum atomic E-state index is 12.7. The Kier molecular flexibility index (Phi) is 5.52. The van der Waals surface area contributed by atoms with Crippen LogP contribution in [-0.4, -0.2) is 15.9 Å². The highest BCUT2D eigenvalue weighted by Crippen LogP contribution is 2.22. The molecule has 1 atom stereocenters. The molecule has 0 bridgehead atoms. The van der Waals surface area contributed by atoms with Gasteiger partial charge in [0.25, 0.3) is 11.5 Å². The Balaban J connectivity index is 1.51. The summed E-state index contributed by atoms with van der Waals surface area (Å²) in [5.41, 5.74) is 3.69. The first-order valence-corrected chi connectivity index (χ1v) is 9.73. The molecule has 4 rings (SSSR count). The molecule has 0 aliphatic heterocycles. The number of H-pyrrole nitrogens is 1. The van der Waals surface area contributed by atoms with Crippen LogP contribution in [0.1, 0.15) is 29.0 Å². The first-order chi connectivity index (χ1) is 14.6. The summed E-state index contributed by atoms with van der Waals surface area (Å²) in [6, 6.07) is 28.4. The molecular formula is C25H21N3O2. The third-order valence-electron chi connectivity index (χ3n) is 4.89. The zero-order chi connectivity index (χ0) is 20.9. The fourth-order valence-corrected chi connectivity index (χ4v) is 3.26. The highest BCUT2D eigenvalue weighted by atomic mass is 16.2. The number of aromatic amines is 1. The minimum atomic E-state index is -0.391. The number of amides is 1. The Hall–Kier alpha value is -3.99. The predicted octanol–water partition coefficient (Wildman–Crippen LogP) is 4.59. The molecule has 0 saturated carbocycles. The number of carbonyl (C=O) groups excluding carboxylic acids is 1. The van der Waals surface area contributed by atoms with Crippen molar-refractivity contribution in [1.82, 2.24) is 15.3 Å². The summed E-state index contributed by atoms with van der Waals surface area (Å²) in [4.78, 5) is 31.8. The second-order valence-electron chi connectivity index (χ2n) is 7.03. The molecule has 1 aromatic heterocycles. The van der Waals surface area contributed by atoms with Gasteiger partial charge in [-0.25, -0.2) is 4.98 Å². The van der Waals surface area contributed by atoms with E-state index in [4.69, 9.17) is 0 Å². The molecule has 0 spiro atoms. The van der Waals surface area contributed by atoms with Crippen molar-refractivity contribution in [1.29, 1.82) is 0 Å². The van der Waals surface area contributed by atoms with Crippen molar-refractivity contribution < 1.29 is 4.79 Å². The van der Waals surface area contributed by atoms with Crippen LogP contribution < -0.4 is 10.9 Å². The van der Waals surface area contributed by atoms with Gasteiger partial charge in [-0.2, -0.15) is 0 Å². The Morgan fingerprint density at radius 3 is 2.03 bits per heavy atom. The molecular weight excluding hydrogens is 374 g/mol. The molecule has 5 heteroatoms. The van der Waals surface area contributed by atoms with E-state index in [9.17, 15) is 9.59 Å². The molecule has 0 aliphatic rings. The van der Waals surface area contributed by atoms with Gasteiger partial charge in [0.15, 0.2) is 0 Å². The van der Waals surface area contributed by atoms with Crippen LogP contribution in [0.5, 0.6) is 0 Å². The Labute approximate surface area is 174 Å². The van der Waals surface area contributed by atoms with Crippen molar-refractivity contribution in [3.63, 3.8) is 0 Å². The minimum absolute atomic E-state index is 0.0883. The average molecular weight is 395 g/mol. The lowest BCUT2D eigenvalue weighted by molar-refractivity contribution is 0.0934. The van der Waals surface area contributed by atoms with E-state index in [0.29, 0.717) is 5.82 Å². The van der Waals surface area contributed by atoms with Gasteiger partial charge < -0.3 is 10.3 Å². The first kappa shape index (κ1) is 19.3. The smallest absolute Gasteiger partial charge is 0.270 e. The van der Waals surface area contributed by atoms with Crippen LogP contribution in [0.2, 0.25) is 0 Å². The monoisotopic (exact) mass is 395 g/mol. The van der Waals surface area contributed by atoms with Crippen molar-refractivity contribution >= 4 is 5.91 Å². The van der Waals surface area contributed by atoms with Gasteiger partial charge in [0.2, 0.25) is 0 Å². The molecule has 3 aromatic carbocycles. The van der Waals surface area contributed by atoms with Gasteiger partial charge >= 0.3 is 0 Å². The van der Waals surface area contributed by atoms with Gasteiger partial charge in [-0.3, -0.25) is 9.59 Å². The second kappa shape index (κ2) is 8.57. The summed E-state index contributed by atoms with van der Waals surface area (Å²) < 4.78 is 0. The van der Waals surface area contributed by atoms with E-state index in [2.05, 4.69) is 27.4 Å². The first-order valence-electron chi connectivity index (χ1n) is 9.73. The summed E-state index contributed by atoms with van der Waals surface area (Å²) in [7, 11) is 0. The third-order valence-corrected chi connectivity index (χ3v) is 4.89. The molecule has 30 heavy (non-hydrogen) atoms. The minimum Gasteiger partial charge on any atom is -0.344 e. The number of carbonyl (C=O) groups is 1. The zero-order valence-electron chi connectivity index (χ0n) is 16.5. The highest BCUT2D eigenvalue weighted by Gasteiger charge is 2.15. The lowest BCUT2D eigenvalue weighted by Gasteiger charge is -2.15. The van der Waals surface area contributed by atoms with Crippen molar-refractivity contribution in [3.05, 3.63) is 113 Å². The zero-order valence-corrected chi connectivity index (χ0v) is 16.5. The highest BCUT2D eigenvalue weighted by molar-refractivity contribution is 5.92. The van der Waals surface area contributed by atoms with Crippen LogP contribution in [0.25, 0.3) is 22.5 Å². The number of aromatic nitrogens is 2. The molecule has 0 saturated heterocycles. The summed E-state index contributed by atoms with van der Waals surface area (Å²) in [6.45, 7) is 1.90. The predicted molar refractivity (Wildman–Crippen MR) is 118 cm³/mol. The van der Waals surface area contributed by atoms with Crippen LogP contribution in [0.15, 0.2) is 95.8 Å². The number of nitrogens with zero attached hydrogens (tertiary/aromatic N) is 1. The van der Waals surface area contributed by atoms with E-state index >= 15 is 0 Å². The standard InChI is InChI=1S/C25H21N3O2/c1-17(18-12-14-20(15-13-18)19-8-4-2-5-9-19)26-25(30)22-16-23(29)28-24(27-22)21-10-6-3-7-11-21/h2-17H,1H3,(H,26,30)(H,27,28,29). The lowest BCUT2D eigenvalue weighted by atomic mass is 10.0. The van der Waals surface area contributed by atoms with Gasteiger partial charge in [-0.15, -0.1) is 0 Å². The maximum Gasteiger partial charge on any atom is 0.270 e. The summed E-state index contributed by atoms with van der Waals surface area (Å²) in [5.74, 6) is -0.0222. The normalized spacial score (nSPS) is 11.6. The summed E-state index contributed by atoms with van der Waals surface area (Å²) in [6.07, 6.45) is 0. The summed E-state index contributed by atoms with van der Waals surface area (Å²) >= 11 is 0. The topological polar surface area (TPSA) is 74.8 Å². The van der Waals surface area contributed by atoms with E-state index in [1.165, 1.54) is 6.07 Å². The van der Waals surface area contributed by atoms with Gasteiger partial charge in [0.1, 0.15) is 11.5 Å². The van der Waals surface area contributed by atoms with Crippen LogP contribution >= 0.6 is 0 Å². The third kappa shape index (κ3) is 4.36. The number of benzene rings is 3. The molecule has 148 valence electrons. The Morgan fingerprint density at radius 1 is 0.833 bits per heavy atom. The number of nitrogens with one attached hydrogen (secondary N) is 2. The Morgan fingerprint density at radius 2 is 1.40 bits per heavy atom. The SMILES string of the molecule is CC(NC(=O)c1cc(=O)[nH]c(-c2ccccc2)n1)c1ccc(-c2ccccc2)cc1. The second-order valence-corrected chi connectivity index (χ2v) is 7.03. The molecule has 1 heterocycles. The van der Waals surface area contributed by atoms with Crippen molar-refractivity contribution in [2.45, 2.75) is 13.0 Å². The Bertz CT molecular complexity index is 1200. The number of rotatable bonds is 5. The quantitative estimate of drug-likeness (QED) is 0.519. The number of hydrogen-bond acceptors (Lipinski definition) is 3. The van der Waals surface area contributed by atoms with E-state index in [-0.39, 0.29) is 17.3 Å². The van der Waals surface area contributed by atoms with E-state index in [1.807, 2.05) is 79.7 Å². The molecule has 4 aromatic rings. The van der Waals surface area contributed by atoms with E-state index in [0.717, 1.165) is 22.3 Å². The molecule has 5 nitrogen and oxygen atoms in total. The van der Waals surface area contributed by atoms with Gasteiger partial charge in [0.05, 0.1) is 6.04 Å². The molecule has 1 amide bonds. The fraction of sp³-hybridized carbons (Fsp3) is 0.0800. The molecule has 2 N–H and O–H groups in total. The van der Waals surface area contributed by atoms with Crippen LogP contribution in [0.4, 0.5) is 0 Å². The van der Waals surface area contributed by atoms with E-state index in [1.54, 1.807) is 0 Å². The van der Waals surface area contributed by atoms with Crippen LogP contribution in [0.3, 0.4) is 0 Å². The van der Waals surface area contributed by atoms with Crippen molar-refractivity contribution in [3.8, 4) is 22.5 Å². The van der Waals surface area contributed by atoms with Gasteiger partial charge in [-0.05, 0) is 23.6 Å². The van der Waals surface area contributed by atoms with Crippen molar-refractivity contribution in [2.24, 2.45) is 0 Å². The van der Waals surface area contributed by atoms with Crippen LogP contribution in [-0.2, 0) is 0 Å². The maximum absolute atomic E-state index is 12.7. The van der Waals surface area contributed by atoms with Crippen molar-refractivity contribution in [2.75, 3.05) is 0 Å². The lowest BCUT2D eigenvalue weighted by Crippen LogP contribution is -2.29.